The van der Waals surface area contributed by atoms with Crippen LogP contribution in [-0.2, 0) is 10.0 Å². The highest BCUT2D eigenvalue weighted by atomic mass is 32.2. The topological polar surface area (TPSA) is 104 Å². The van der Waals surface area contributed by atoms with E-state index >= 15 is 0 Å². The number of carboxylic acid groups (broad SMARTS) is 1. The molecule has 0 saturated carbocycles. The molecule has 0 amide bonds. The van der Waals surface area contributed by atoms with Crippen LogP contribution in [0.25, 0.3) is 0 Å². The van der Waals surface area contributed by atoms with Gasteiger partial charge in [-0.15, -0.1) is 0 Å². The molecule has 0 bridgehead atoms. The highest BCUT2D eigenvalue weighted by Crippen LogP contribution is 2.19. The van der Waals surface area contributed by atoms with Gasteiger partial charge in [0.2, 0.25) is 0 Å². The lowest BCUT2D eigenvalue weighted by molar-refractivity contribution is 0.0696. The Morgan fingerprint density at radius 3 is 2.00 bits per heavy atom. The van der Waals surface area contributed by atoms with E-state index in [1.54, 1.807) is 0 Å². The van der Waals surface area contributed by atoms with Crippen molar-refractivity contribution < 1.29 is 23.4 Å². The van der Waals surface area contributed by atoms with Gasteiger partial charge in [-0.2, -0.15) is 0 Å². The van der Waals surface area contributed by atoms with Crippen LogP contribution < -0.4 is 4.72 Å². The minimum atomic E-state index is -3.79. The molecule has 2 rings (SSSR count). The second-order valence-electron chi connectivity index (χ2n) is 3.98. The molecule has 6 nitrogen and oxygen atoms in total. The molecule has 0 fully saturated rings. The number of sulfonamides is 1. The quantitative estimate of drug-likeness (QED) is 0.747. The van der Waals surface area contributed by atoms with E-state index in [1.807, 2.05) is 0 Å². The normalized spacial score (nSPS) is 11.0. The van der Waals surface area contributed by atoms with E-state index in [9.17, 15) is 13.2 Å². The van der Waals surface area contributed by atoms with Gasteiger partial charge in [0.25, 0.3) is 10.0 Å². The molecule has 0 atom stereocenters. The van der Waals surface area contributed by atoms with Crippen LogP contribution in [0.15, 0.2) is 53.4 Å². The molecule has 0 aliphatic heterocycles. The van der Waals surface area contributed by atoms with E-state index in [2.05, 4.69) is 4.72 Å². The van der Waals surface area contributed by atoms with Crippen LogP contribution >= 0.6 is 0 Å². The first-order valence-electron chi connectivity index (χ1n) is 5.54. The van der Waals surface area contributed by atoms with Gasteiger partial charge in [-0.1, -0.05) is 0 Å². The molecule has 0 spiro atoms. The van der Waals surface area contributed by atoms with Gasteiger partial charge in [0.15, 0.2) is 0 Å². The van der Waals surface area contributed by atoms with E-state index in [0.717, 1.165) is 0 Å². The van der Waals surface area contributed by atoms with Gasteiger partial charge < -0.3 is 10.2 Å². The number of anilines is 1. The minimum absolute atomic E-state index is 0.00795. The number of carboxylic acids is 1. The molecule has 104 valence electrons. The Bertz CT molecular complexity index is 720. The van der Waals surface area contributed by atoms with Crippen LogP contribution in [0.4, 0.5) is 5.69 Å². The molecule has 0 aliphatic carbocycles. The Labute approximate surface area is 115 Å². The molecule has 3 N–H and O–H groups in total. The Balaban J connectivity index is 2.26. The maximum absolute atomic E-state index is 12.0. The third-order valence-electron chi connectivity index (χ3n) is 2.53. The second-order valence-corrected chi connectivity index (χ2v) is 5.66. The predicted molar refractivity (Wildman–Crippen MR) is 72.3 cm³/mol. The number of hydrogen-bond acceptors (Lipinski definition) is 4. The number of rotatable bonds is 4. The zero-order valence-corrected chi connectivity index (χ0v) is 11.0. The van der Waals surface area contributed by atoms with Crippen LogP contribution in [0.3, 0.4) is 0 Å². The monoisotopic (exact) mass is 293 g/mol. The summed E-state index contributed by atoms with van der Waals surface area (Å²) in [5.74, 6) is -1.10. The molecule has 2 aromatic carbocycles. The summed E-state index contributed by atoms with van der Waals surface area (Å²) in [5, 5.41) is 17.9. The lowest BCUT2D eigenvalue weighted by atomic mass is 10.2. The lowest BCUT2D eigenvalue weighted by Gasteiger charge is -2.08. The number of phenolic OH excluding ortho intramolecular Hbond substituents is 1. The number of nitrogens with one attached hydrogen (secondary N) is 1. The van der Waals surface area contributed by atoms with Crippen LogP contribution in [0.2, 0.25) is 0 Å². The predicted octanol–water partition coefficient (Wildman–Crippen LogP) is 1.89. The number of aromatic carboxylic acids is 1. The fourth-order valence-corrected chi connectivity index (χ4v) is 2.58. The number of carbonyl (C=O) groups is 1. The number of benzene rings is 2. The first-order valence-corrected chi connectivity index (χ1v) is 7.02. The molecule has 0 heterocycles. The molecule has 0 radical (unpaired) electrons. The standard InChI is InChI=1S/C13H11NO5S/c15-11-5-3-10(4-6-11)14-20(18,19)12-7-1-9(2-8-12)13(16)17/h1-8,14-15H,(H,16,17). The molecule has 20 heavy (non-hydrogen) atoms. The molecule has 0 saturated heterocycles. The lowest BCUT2D eigenvalue weighted by Crippen LogP contribution is -2.13. The maximum atomic E-state index is 12.0. The molecule has 0 aliphatic rings. The molecule has 2 aromatic rings. The van der Waals surface area contributed by atoms with Crippen molar-refractivity contribution in [2.24, 2.45) is 0 Å². The van der Waals surface area contributed by atoms with Gasteiger partial charge in [0.1, 0.15) is 5.75 Å². The van der Waals surface area contributed by atoms with E-state index in [1.165, 1.54) is 48.5 Å². The van der Waals surface area contributed by atoms with Crippen molar-refractivity contribution in [1.82, 2.24) is 0 Å². The molecule has 0 aromatic heterocycles. The Morgan fingerprint density at radius 1 is 0.950 bits per heavy atom. The van der Waals surface area contributed by atoms with Gasteiger partial charge >= 0.3 is 5.97 Å². The van der Waals surface area contributed by atoms with Crippen molar-refractivity contribution in [2.75, 3.05) is 4.72 Å². The SMILES string of the molecule is O=C(O)c1ccc(S(=O)(=O)Nc2ccc(O)cc2)cc1. The number of aromatic hydroxyl groups is 1. The van der Waals surface area contributed by atoms with Gasteiger partial charge in [0, 0.05) is 5.69 Å². The van der Waals surface area contributed by atoms with Crippen molar-refractivity contribution in [3.8, 4) is 5.75 Å². The van der Waals surface area contributed by atoms with E-state index in [4.69, 9.17) is 10.2 Å². The summed E-state index contributed by atoms with van der Waals surface area (Å²) in [6.07, 6.45) is 0. The van der Waals surface area contributed by atoms with Crippen LogP contribution in [0.5, 0.6) is 5.75 Å². The minimum Gasteiger partial charge on any atom is -0.508 e. The highest BCUT2D eigenvalue weighted by molar-refractivity contribution is 7.92. The zero-order valence-electron chi connectivity index (χ0n) is 10.1. The van der Waals surface area contributed by atoms with Crippen LogP contribution in [0.1, 0.15) is 10.4 Å². The van der Waals surface area contributed by atoms with Crippen molar-refractivity contribution >= 4 is 21.7 Å². The molecule has 0 unspecified atom stereocenters. The van der Waals surface area contributed by atoms with E-state index in [-0.39, 0.29) is 16.2 Å². The maximum Gasteiger partial charge on any atom is 0.335 e. The fourth-order valence-electron chi connectivity index (χ4n) is 1.52. The molecule has 7 heteroatoms. The number of hydrogen-bond donors (Lipinski definition) is 3. The average Bonchev–Trinajstić information content (AvgIpc) is 2.41. The smallest absolute Gasteiger partial charge is 0.335 e. The van der Waals surface area contributed by atoms with E-state index < -0.39 is 16.0 Å². The third-order valence-corrected chi connectivity index (χ3v) is 3.93. The van der Waals surface area contributed by atoms with Gasteiger partial charge in [-0.3, -0.25) is 4.72 Å². The van der Waals surface area contributed by atoms with Crippen LogP contribution in [0, 0.1) is 0 Å². The van der Waals surface area contributed by atoms with Crippen molar-refractivity contribution in [1.29, 1.82) is 0 Å². The Hall–Kier alpha value is -2.54. The fraction of sp³-hybridized carbons (Fsp3) is 0. The van der Waals surface area contributed by atoms with Gasteiger partial charge in [-0.05, 0) is 48.5 Å². The summed E-state index contributed by atoms with van der Waals surface area (Å²) < 4.78 is 26.4. The average molecular weight is 293 g/mol. The summed E-state index contributed by atoms with van der Waals surface area (Å²) in [6, 6.07) is 10.4. The van der Waals surface area contributed by atoms with Crippen LogP contribution in [-0.4, -0.2) is 24.6 Å². The van der Waals surface area contributed by atoms with Crippen molar-refractivity contribution in [3.05, 3.63) is 54.1 Å². The first kappa shape index (κ1) is 13.9. The summed E-state index contributed by atoms with van der Waals surface area (Å²) >= 11 is 0. The second kappa shape index (κ2) is 5.22. The molecular formula is C13H11NO5S. The number of phenols is 1. The van der Waals surface area contributed by atoms with Gasteiger partial charge in [-0.25, -0.2) is 13.2 Å². The van der Waals surface area contributed by atoms with E-state index in [0.29, 0.717) is 5.69 Å². The Kier molecular flexibility index (Phi) is 3.62. The summed E-state index contributed by atoms with van der Waals surface area (Å²) in [5.41, 5.74) is 0.304. The van der Waals surface area contributed by atoms with Gasteiger partial charge in [0.05, 0.1) is 10.5 Å². The first-order chi connectivity index (χ1) is 9.38. The summed E-state index contributed by atoms with van der Waals surface area (Å²) in [6.45, 7) is 0. The highest BCUT2D eigenvalue weighted by Gasteiger charge is 2.14. The largest absolute Gasteiger partial charge is 0.508 e. The third kappa shape index (κ3) is 3.07. The summed E-state index contributed by atoms with van der Waals surface area (Å²) in [7, 11) is -3.79. The Morgan fingerprint density at radius 2 is 1.50 bits per heavy atom. The summed E-state index contributed by atoms with van der Waals surface area (Å²) in [4.78, 5) is 10.7. The van der Waals surface area contributed by atoms with Crippen molar-refractivity contribution in [3.63, 3.8) is 0 Å². The molecular weight excluding hydrogens is 282 g/mol. The van der Waals surface area contributed by atoms with Crippen molar-refractivity contribution in [2.45, 2.75) is 4.90 Å². The zero-order chi connectivity index (χ0) is 14.8.